The molecule has 24 heavy (non-hydrogen) atoms. The van der Waals surface area contributed by atoms with Crippen LogP contribution in [0.15, 0.2) is 22.9 Å². The van der Waals surface area contributed by atoms with E-state index in [0.717, 1.165) is 16.7 Å². The monoisotopic (exact) mass is 358 g/mol. The van der Waals surface area contributed by atoms with Crippen LogP contribution >= 0.6 is 11.6 Å². The molecule has 0 spiro atoms. The minimum Gasteiger partial charge on any atom is -0.360 e. The Kier molecular flexibility index (Phi) is 3.75. The number of fused-ring (bicyclic) bond motifs is 1. The minimum atomic E-state index is -4.60. The normalized spacial score (nSPS) is 11.9. The molecule has 0 bridgehead atoms. The van der Waals surface area contributed by atoms with Crippen LogP contribution < -0.4 is 5.32 Å². The van der Waals surface area contributed by atoms with E-state index in [-0.39, 0.29) is 27.9 Å². The summed E-state index contributed by atoms with van der Waals surface area (Å²) in [6.07, 6.45) is -3.82. The third kappa shape index (κ3) is 2.82. The second-order valence-corrected chi connectivity index (χ2v) is 5.50. The summed E-state index contributed by atoms with van der Waals surface area (Å²) in [6.45, 7) is 3.14. The summed E-state index contributed by atoms with van der Waals surface area (Å²) in [5.74, 6) is -0.0591. The molecule has 1 N–H and O–H groups in total. The molecule has 0 atom stereocenters. The number of halogens is 4. The van der Waals surface area contributed by atoms with E-state index in [2.05, 4.69) is 15.5 Å². The van der Waals surface area contributed by atoms with Gasteiger partial charge < -0.3 is 9.84 Å². The van der Waals surface area contributed by atoms with Crippen molar-refractivity contribution in [3.05, 3.63) is 46.1 Å². The van der Waals surface area contributed by atoms with Crippen molar-refractivity contribution in [1.82, 2.24) is 14.5 Å². The fourth-order valence-electron chi connectivity index (χ4n) is 2.25. The highest BCUT2D eigenvalue weighted by molar-refractivity contribution is 6.33. The topological polar surface area (TPSA) is 72.4 Å². The van der Waals surface area contributed by atoms with Crippen LogP contribution in [0.25, 0.3) is 5.65 Å². The van der Waals surface area contributed by atoms with Crippen LogP contribution in [0.2, 0.25) is 5.02 Å². The van der Waals surface area contributed by atoms with Crippen LogP contribution in [0.4, 0.5) is 19.0 Å². The third-order valence-corrected chi connectivity index (χ3v) is 3.54. The number of pyridine rings is 1. The number of amides is 1. The smallest absolute Gasteiger partial charge is 0.360 e. The standard InChI is InChI=1S/C14H10ClF3N4O2/c1-6-3-10(21-24-6)20-13(23)11-7(2)19-12-9(15)4-8(5-22(11)12)14(16,17)18/h3-5H,1-2H3,(H,20,21,23). The molecule has 3 aromatic heterocycles. The van der Waals surface area contributed by atoms with E-state index in [1.165, 1.54) is 13.0 Å². The first-order valence-corrected chi connectivity index (χ1v) is 7.04. The molecule has 0 aliphatic heterocycles. The van der Waals surface area contributed by atoms with E-state index < -0.39 is 17.6 Å². The number of anilines is 1. The number of nitrogens with one attached hydrogen (secondary N) is 1. The van der Waals surface area contributed by atoms with Crippen molar-refractivity contribution in [2.24, 2.45) is 0 Å². The molecule has 1 amide bonds. The molecular weight excluding hydrogens is 349 g/mol. The van der Waals surface area contributed by atoms with E-state index in [1.807, 2.05) is 0 Å². The van der Waals surface area contributed by atoms with Crippen molar-refractivity contribution in [1.29, 1.82) is 0 Å². The summed E-state index contributed by atoms with van der Waals surface area (Å²) in [5.41, 5.74) is -0.764. The van der Waals surface area contributed by atoms with E-state index in [0.29, 0.717) is 5.76 Å². The molecule has 6 nitrogen and oxygen atoms in total. The van der Waals surface area contributed by atoms with Gasteiger partial charge in [0.05, 0.1) is 16.3 Å². The summed E-state index contributed by atoms with van der Waals surface area (Å²) < 4.78 is 44.8. The zero-order valence-electron chi connectivity index (χ0n) is 12.4. The fraction of sp³-hybridized carbons (Fsp3) is 0.214. The lowest BCUT2D eigenvalue weighted by atomic mass is 10.2. The van der Waals surface area contributed by atoms with Gasteiger partial charge in [-0.3, -0.25) is 9.20 Å². The number of hydrogen-bond acceptors (Lipinski definition) is 4. The van der Waals surface area contributed by atoms with Gasteiger partial charge in [0.15, 0.2) is 11.5 Å². The average Bonchev–Trinajstić information content (AvgIpc) is 3.01. The average molecular weight is 359 g/mol. The number of aryl methyl sites for hydroxylation is 2. The molecule has 0 aliphatic rings. The number of hydrogen-bond donors (Lipinski definition) is 1. The summed E-state index contributed by atoms with van der Waals surface area (Å²) in [5, 5.41) is 5.85. The summed E-state index contributed by atoms with van der Waals surface area (Å²) in [6, 6.07) is 2.25. The first-order chi connectivity index (χ1) is 11.2. The summed E-state index contributed by atoms with van der Waals surface area (Å²) >= 11 is 5.88. The van der Waals surface area contributed by atoms with Gasteiger partial charge in [-0.25, -0.2) is 4.98 Å². The van der Waals surface area contributed by atoms with Gasteiger partial charge in [-0.1, -0.05) is 16.8 Å². The van der Waals surface area contributed by atoms with Crippen molar-refractivity contribution < 1.29 is 22.5 Å². The second kappa shape index (κ2) is 5.52. The van der Waals surface area contributed by atoms with Gasteiger partial charge in [0.2, 0.25) is 0 Å². The Morgan fingerprint density at radius 1 is 1.33 bits per heavy atom. The van der Waals surface area contributed by atoms with Crippen LogP contribution in [-0.4, -0.2) is 20.4 Å². The molecule has 126 valence electrons. The van der Waals surface area contributed by atoms with Crippen LogP contribution in [0.3, 0.4) is 0 Å². The van der Waals surface area contributed by atoms with Gasteiger partial charge in [0.1, 0.15) is 11.5 Å². The van der Waals surface area contributed by atoms with Crippen molar-refractivity contribution in [2.75, 3.05) is 5.32 Å². The van der Waals surface area contributed by atoms with Crippen molar-refractivity contribution >= 4 is 29.0 Å². The Labute approximate surface area is 138 Å². The molecule has 0 aromatic carbocycles. The summed E-state index contributed by atoms with van der Waals surface area (Å²) in [7, 11) is 0. The van der Waals surface area contributed by atoms with Gasteiger partial charge in [-0.15, -0.1) is 0 Å². The highest BCUT2D eigenvalue weighted by atomic mass is 35.5. The molecule has 3 heterocycles. The highest BCUT2D eigenvalue weighted by Crippen LogP contribution is 2.33. The lowest BCUT2D eigenvalue weighted by Gasteiger charge is -2.09. The van der Waals surface area contributed by atoms with Gasteiger partial charge >= 0.3 is 6.18 Å². The maximum absolute atomic E-state index is 13.0. The predicted molar refractivity (Wildman–Crippen MR) is 79.1 cm³/mol. The zero-order valence-corrected chi connectivity index (χ0v) is 13.2. The third-order valence-electron chi connectivity index (χ3n) is 3.26. The molecule has 0 saturated heterocycles. The predicted octanol–water partition coefficient (Wildman–Crippen LogP) is 3.86. The zero-order chi connectivity index (χ0) is 17.6. The molecule has 0 aliphatic carbocycles. The van der Waals surface area contributed by atoms with Gasteiger partial charge in [-0.05, 0) is 19.9 Å². The van der Waals surface area contributed by atoms with Crippen LogP contribution in [-0.2, 0) is 6.18 Å². The molecular formula is C14H10ClF3N4O2. The SMILES string of the molecule is Cc1cc(NC(=O)c2c(C)nc3c(Cl)cc(C(F)(F)F)cn23)no1. The molecule has 0 saturated carbocycles. The first kappa shape index (κ1) is 16.3. The van der Waals surface area contributed by atoms with Gasteiger partial charge in [0.25, 0.3) is 5.91 Å². The molecule has 0 unspecified atom stereocenters. The highest BCUT2D eigenvalue weighted by Gasteiger charge is 2.33. The molecule has 0 fully saturated rings. The number of carbonyl (C=O) groups is 1. The van der Waals surface area contributed by atoms with E-state index in [9.17, 15) is 18.0 Å². The Morgan fingerprint density at radius 2 is 2.04 bits per heavy atom. The van der Waals surface area contributed by atoms with Crippen molar-refractivity contribution in [3.8, 4) is 0 Å². The number of aromatic nitrogens is 3. The number of carbonyl (C=O) groups excluding carboxylic acids is 1. The maximum Gasteiger partial charge on any atom is 0.417 e. The number of alkyl halides is 3. The fourth-order valence-corrected chi connectivity index (χ4v) is 2.50. The largest absolute Gasteiger partial charge is 0.417 e. The maximum atomic E-state index is 13.0. The Balaban J connectivity index is 2.11. The van der Waals surface area contributed by atoms with Gasteiger partial charge in [-0.2, -0.15) is 13.2 Å². The van der Waals surface area contributed by atoms with E-state index in [4.69, 9.17) is 16.1 Å². The molecule has 10 heteroatoms. The van der Waals surface area contributed by atoms with Crippen LogP contribution in [0.1, 0.15) is 27.5 Å². The quantitative estimate of drug-likeness (QED) is 0.755. The van der Waals surface area contributed by atoms with E-state index in [1.54, 1.807) is 6.92 Å². The molecule has 0 radical (unpaired) electrons. The van der Waals surface area contributed by atoms with E-state index >= 15 is 0 Å². The number of rotatable bonds is 2. The number of imidazole rings is 1. The molecule has 3 rings (SSSR count). The molecule has 3 aromatic rings. The Hall–Kier alpha value is -2.55. The first-order valence-electron chi connectivity index (χ1n) is 6.67. The second-order valence-electron chi connectivity index (χ2n) is 5.09. The van der Waals surface area contributed by atoms with Crippen LogP contribution in [0.5, 0.6) is 0 Å². The van der Waals surface area contributed by atoms with Crippen molar-refractivity contribution in [2.45, 2.75) is 20.0 Å². The number of nitrogens with zero attached hydrogens (tertiary/aromatic N) is 3. The summed E-state index contributed by atoms with van der Waals surface area (Å²) in [4.78, 5) is 16.5. The van der Waals surface area contributed by atoms with Crippen LogP contribution in [0, 0.1) is 13.8 Å². The minimum absolute atomic E-state index is 0.0589. The van der Waals surface area contributed by atoms with Gasteiger partial charge in [0, 0.05) is 12.3 Å². The lowest BCUT2D eigenvalue weighted by Crippen LogP contribution is -2.16. The Morgan fingerprint density at radius 3 is 2.62 bits per heavy atom. The van der Waals surface area contributed by atoms with Crippen molar-refractivity contribution in [3.63, 3.8) is 0 Å². The Bertz CT molecular complexity index is 946. The lowest BCUT2D eigenvalue weighted by molar-refractivity contribution is -0.137.